The fourth-order valence-corrected chi connectivity index (χ4v) is 3.03. The first-order valence-corrected chi connectivity index (χ1v) is 9.09. The number of carboxylic acids is 1. The van der Waals surface area contributed by atoms with Gasteiger partial charge in [-0.1, -0.05) is 38.1 Å². The highest BCUT2D eigenvalue weighted by Gasteiger charge is 2.38. The zero-order valence-corrected chi connectivity index (χ0v) is 16.5. The molecule has 0 spiro atoms. The number of nitrogens with zero attached hydrogens (tertiary/aromatic N) is 1. The van der Waals surface area contributed by atoms with E-state index in [0.29, 0.717) is 6.42 Å². The normalized spacial score (nSPS) is 17.9. The van der Waals surface area contributed by atoms with Crippen LogP contribution < -0.4 is 5.32 Å². The average Bonchev–Trinajstić information content (AvgIpc) is 2.56. The number of amides is 2. The number of ether oxygens (including phenoxy) is 1. The Morgan fingerprint density at radius 1 is 1.19 bits per heavy atom. The van der Waals surface area contributed by atoms with Crippen LogP contribution in [0.2, 0.25) is 0 Å². The van der Waals surface area contributed by atoms with Crippen LogP contribution >= 0.6 is 0 Å². The smallest absolute Gasteiger partial charge is 0.411 e. The number of benzene rings is 1. The summed E-state index contributed by atoms with van der Waals surface area (Å²) in [4.78, 5) is 38.4. The van der Waals surface area contributed by atoms with E-state index in [2.05, 4.69) is 5.32 Å². The lowest BCUT2D eigenvalue weighted by atomic mass is 9.93. The summed E-state index contributed by atoms with van der Waals surface area (Å²) >= 11 is 0. The molecule has 7 heteroatoms. The highest BCUT2D eigenvalue weighted by atomic mass is 16.6. The van der Waals surface area contributed by atoms with Crippen molar-refractivity contribution in [1.82, 2.24) is 10.2 Å². The van der Waals surface area contributed by atoms with Gasteiger partial charge in [0.15, 0.2) is 0 Å². The van der Waals surface area contributed by atoms with E-state index in [1.807, 2.05) is 24.3 Å². The highest BCUT2D eigenvalue weighted by Crippen LogP contribution is 2.25. The third-order valence-electron chi connectivity index (χ3n) is 4.41. The predicted molar refractivity (Wildman–Crippen MR) is 100 cm³/mol. The van der Waals surface area contributed by atoms with E-state index in [0.717, 1.165) is 11.1 Å². The van der Waals surface area contributed by atoms with Gasteiger partial charge in [-0.3, -0.25) is 9.69 Å². The molecule has 27 heavy (non-hydrogen) atoms. The first-order valence-electron chi connectivity index (χ1n) is 9.09. The summed E-state index contributed by atoms with van der Waals surface area (Å²) in [6.45, 7) is 8.97. The van der Waals surface area contributed by atoms with E-state index in [1.165, 1.54) is 4.90 Å². The number of carbonyl (C=O) groups excluding carboxylic acids is 2. The van der Waals surface area contributed by atoms with Crippen molar-refractivity contribution in [3.05, 3.63) is 35.4 Å². The van der Waals surface area contributed by atoms with Gasteiger partial charge in [-0.15, -0.1) is 0 Å². The lowest BCUT2D eigenvalue weighted by Crippen LogP contribution is -2.57. The molecule has 2 atom stereocenters. The van der Waals surface area contributed by atoms with Crippen LogP contribution in [0.1, 0.15) is 45.7 Å². The first-order chi connectivity index (χ1) is 12.5. The fraction of sp³-hybridized carbons (Fsp3) is 0.550. The van der Waals surface area contributed by atoms with Gasteiger partial charge in [0.05, 0.1) is 6.54 Å². The van der Waals surface area contributed by atoms with Crippen molar-refractivity contribution in [2.75, 3.05) is 0 Å². The lowest BCUT2D eigenvalue weighted by molar-refractivity contribution is -0.144. The molecule has 0 saturated carbocycles. The number of fused-ring (bicyclic) bond motifs is 1. The molecule has 1 aliphatic heterocycles. The fourth-order valence-electron chi connectivity index (χ4n) is 3.03. The molecule has 0 bridgehead atoms. The molecule has 0 fully saturated rings. The standard InChI is InChI=1S/C20H28N2O5/c1-12(2)16(18(24)25)21-17(23)15-10-13-8-6-7-9-14(13)11-22(15)19(26)27-20(3,4)5/h6-9,12,15-16H,10-11H2,1-5H3,(H,21,23)(H,24,25)/t15?,16-/m0/s1. The molecular weight excluding hydrogens is 348 g/mol. The maximum absolute atomic E-state index is 12.9. The number of hydrogen-bond donors (Lipinski definition) is 2. The van der Waals surface area contributed by atoms with Crippen molar-refractivity contribution in [2.45, 2.75) is 65.3 Å². The molecule has 2 amide bonds. The topological polar surface area (TPSA) is 95.9 Å². The number of nitrogens with one attached hydrogen (secondary N) is 1. The van der Waals surface area contributed by atoms with Crippen LogP contribution in [-0.4, -0.2) is 45.7 Å². The van der Waals surface area contributed by atoms with Crippen LogP contribution in [0.15, 0.2) is 24.3 Å². The van der Waals surface area contributed by atoms with E-state index >= 15 is 0 Å². The second-order valence-corrected chi connectivity index (χ2v) is 8.17. The van der Waals surface area contributed by atoms with Crippen molar-refractivity contribution >= 4 is 18.0 Å². The molecule has 2 N–H and O–H groups in total. The van der Waals surface area contributed by atoms with E-state index in [-0.39, 0.29) is 12.5 Å². The van der Waals surface area contributed by atoms with Crippen molar-refractivity contribution in [1.29, 1.82) is 0 Å². The van der Waals surface area contributed by atoms with Crippen molar-refractivity contribution in [3.8, 4) is 0 Å². The molecule has 0 aromatic heterocycles. The summed E-state index contributed by atoms with van der Waals surface area (Å²) in [6, 6.07) is 5.75. The Balaban J connectivity index is 2.29. The Kier molecular flexibility index (Phi) is 6.13. The van der Waals surface area contributed by atoms with Gasteiger partial charge in [0, 0.05) is 6.42 Å². The molecule has 1 aromatic rings. The maximum atomic E-state index is 12.9. The van der Waals surface area contributed by atoms with Crippen molar-refractivity contribution < 1.29 is 24.2 Å². The van der Waals surface area contributed by atoms with Crippen LogP contribution in [-0.2, 0) is 27.3 Å². The molecule has 2 rings (SSSR count). The zero-order chi connectivity index (χ0) is 20.4. The first kappa shape index (κ1) is 20.7. The van der Waals surface area contributed by atoms with E-state index in [4.69, 9.17) is 4.74 Å². The van der Waals surface area contributed by atoms with Crippen LogP contribution in [0, 0.1) is 5.92 Å². The Morgan fingerprint density at radius 2 is 1.78 bits per heavy atom. The van der Waals surface area contributed by atoms with E-state index < -0.39 is 35.7 Å². The summed E-state index contributed by atoms with van der Waals surface area (Å²) in [6.07, 6.45) is -0.278. The van der Waals surface area contributed by atoms with Gasteiger partial charge in [0.2, 0.25) is 5.91 Å². The minimum atomic E-state index is -1.10. The largest absolute Gasteiger partial charge is 0.480 e. The Labute approximate surface area is 159 Å². The third kappa shape index (κ3) is 5.21. The second kappa shape index (κ2) is 7.98. The van der Waals surface area contributed by atoms with Crippen LogP contribution in [0.4, 0.5) is 4.79 Å². The number of carbonyl (C=O) groups is 3. The van der Waals surface area contributed by atoms with Gasteiger partial charge >= 0.3 is 12.1 Å². The molecule has 7 nitrogen and oxygen atoms in total. The molecule has 0 radical (unpaired) electrons. The van der Waals surface area contributed by atoms with Crippen LogP contribution in [0.5, 0.6) is 0 Å². The second-order valence-electron chi connectivity index (χ2n) is 8.17. The van der Waals surface area contributed by atoms with Gasteiger partial charge < -0.3 is 15.2 Å². The summed E-state index contributed by atoms with van der Waals surface area (Å²) in [5, 5.41) is 11.9. The quantitative estimate of drug-likeness (QED) is 0.842. The van der Waals surface area contributed by atoms with E-state index in [9.17, 15) is 19.5 Å². The van der Waals surface area contributed by atoms with Crippen LogP contribution in [0.25, 0.3) is 0 Å². The SMILES string of the molecule is CC(C)[C@H](NC(=O)C1Cc2ccccc2CN1C(=O)OC(C)(C)C)C(=O)O. The predicted octanol–water partition coefficient (Wildman–Crippen LogP) is 2.57. The molecular formula is C20H28N2O5. The summed E-state index contributed by atoms with van der Waals surface area (Å²) in [5.41, 5.74) is 1.22. The average molecular weight is 376 g/mol. The number of hydrogen-bond acceptors (Lipinski definition) is 4. The zero-order valence-electron chi connectivity index (χ0n) is 16.5. The van der Waals surface area contributed by atoms with Crippen molar-refractivity contribution in [3.63, 3.8) is 0 Å². The third-order valence-corrected chi connectivity index (χ3v) is 4.41. The van der Waals surface area contributed by atoms with Gasteiger partial charge in [-0.05, 0) is 37.8 Å². The lowest BCUT2D eigenvalue weighted by Gasteiger charge is -2.37. The summed E-state index contributed by atoms with van der Waals surface area (Å²) in [7, 11) is 0. The Hall–Kier alpha value is -2.57. The Bertz CT molecular complexity index is 723. The van der Waals surface area contributed by atoms with Gasteiger partial charge in [-0.2, -0.15) is 0 Å². The Morgan fingerprint density at radius 3 is 2.30 bits per heavy atom. The maximum Gasteiger partial charge on any atom is 0.411 e. The van der Waals surface area contributed by atoms with Gasteiger partial charge in [0.1, 0.15) is 17.7 Å². The molecule has 1 aromatic carbocycles. The van der Waals surface area contributed by atoms with E-state index in [1.54, 1.807) is 34.6 Å². The minimum absolute atomic E-state index is 0.239. The number of aliphatic carboxylic acids is 1. The van der Waals surface area contributed by atoms with Crippen LogP contribution in [0.3, 0.4) is 0 Å². The molecule has 1 aliphatic rings. The molecule has 0 aliphatic carbocycles. The van der Waals surface area contributed by atoms with Gasteiger partial charge in [-0.25, -0.2) is 9.59 Å². The molecule has 1 heterocycles. The molecule has 0 saturated heterocycles. The van der Waals surface area contributed by atoms with Crippen molar-refractivity contribution in [2.24, 2.45) is 5.92 Å². The monoisotopic (exact) mass is 376 g/mol. The highest BCUT2D eigenvalue weighted by molar-refractivity contribution is 5.90. The molecule has 148 valence electrons. The number of carboxylic acid groups (broad SMARTS) is 1. The molecule has 1 unspecified atom stereocenters. The minimum Gasteiger partial charge on any atom is -0.480 e. The summed E-state index contributed by atoms with van der Waals surface area (Å²) in [5.74, 6) is -1.87. The van der Waals surface area contributed by atoms with Gasteiger partial charge in [0.25, 0.3) is 0 Å². The summed E-state index contributed by atoms with van der Waals surface area (Å²) < 4.78 is 5.46. The number of rotatable bonds is 4.